The molecule has 108 valence electrons. The molecule has 22 heavy (non-hydrogen) atoms. The fraction of sp³-hybridized carbons (Fsp3) is 0. The number of hydrogen-bond acceptors (Lipinski definition) is 3. The van der Waals surface area contributed by atoms with Gasteiger partial charge in [0.25, 0.3) is 5.84 Å². The van der Waals surface area contributed by atoms with Gasteiger partial charge < -0.3 is 4.57 Å². The summed E-state index contributed by atoms with van der Waals surface area (Å²) in [6.45, 7) is 0. The van der Waals surface area contributed by atoms with Crippen molar-refractivity contribution in [1.29, 1.82) is 5.26 Å². The highest BCUT2D eigenvalue weighted by molar-refractivity contribution is 5.93. The van der Waals surface area contributed by atoms with Crippen molar-refractivity contribution >= 4 is 16.7 Å². The van der Waals surface area contributed by atoms with Crippen molar-refractivity contribution in [3.05, 3.63) is 65.9 Å². The lowest BCUT2D eigenvalue weighted by Gasteiger charge is -2.05. The second kappa shape index (κ2) is 5.60. The van der Waals surface area contributed by atoms with Crippen molar-refractivity contribution < 1.29 is 5.10 Å². The lowest BCUT2D eigenvalue weighted by Crippen LogP contribution is -2.87. The molecule has 3 rings (SSSR count). The number of nitrogens with one attached hydrogen (secondary N) is 2. The van der Waals surface area contributed by atoms with E-state index in [1.807, 2.05) is 59.3 Å². The third-order valence-corrected chi connectivity index (χ3v) is 3.50. The van der Waals surface area contributed by atoms with Crippen molar-refractivity contribution in [2.45, 2.75) is 0 Å². The van der Waals surface area contributed by atoms with Crippen LogP contribution in [0.2, 0.25) is 0 Å². The second-order valence-electron chi connectivity index (χ2n) is 4.77. The first kappa shape index (κ1) is 13.7. The molecule has 6 N–H and O–H groups in total. The van der Waals surface area contributed by atoms with Gasteiger partial charge >= 0.3 is 0 Å². The Balaban J connectivity index is 2.09. The number of nitriles is 1. The number of nitrogens with zero attached hydrogens (tertiary/aromatic N) is 2. The van der Waals surface area contributed by atoms with Crippen LogP contribution >= 0.6 is 0 Å². The minimum Gasteiger partial charge on any atom is -0.315 e. The number of nitrogens with two attached hydrogens (primary N) is 2. The van der Waals surface area contributed by atoms with E-state index in [1.165, 1.54) is 0 Å². The van der Waals surface area contributed by atoms with Crippen molar-refractivity contribution in [2.24, 2.45) is 11.6 Å². The van der Waals surface area contributed by atoms with Crippen LogP contribution in [0.15, 0.2) is 54.7 Å². The molecule has 0 aliphatic heterocycles. The van der Waals surface area contributed by atoms with Crippen molar-refractivity contribution in [2.75, 3.05) is 0 Å². The Hall–Kier alpha value is -3.30. The lowest BCUT2D eigenvalue weighted by molar-refractivity contribution is -0.528. The van der Waals surface area contributed by atoms with Gasteiger partial charge in [0.1, 0.15) is 6.07 Å². The molecule has 0 aliphatic carbocycles. The van der Waals surface area contributed by atoms with E-state index in [0.717, 1.165) is 22.2 Å². The minimum atomic E-state index is 0.434. The molecule has 6 heteroatoms. The SMILES string of the molecule is N#Cc1cn(-c2ccc(/C(N)=[NH+]/NN)cc2)c2ccccc12. The van der Waals surface area contributed by atoms with Crippen molar-refractivity contribution in [1.82, 2.24) is 10.1 Å². The normalized spacial score (nSPS) is 11.4. The number of fused-ring (bicyclic) bond motifs is 1. The van der Waals surface area contributed by atoms with Crippen LogP contribution in [0.1, 0.15) is 11.1 Å². The first-order valence-electron chi connectivity index (χ1n) is 6.69. The predicted octanol–water partition coefficient (Wildman–Crippen LogP) is -0.334. The zero-order chi connectivity index (χ0) is 15.5. The lowest BCUT2D eigenvalue weighted by atomic mass is 10.2. The molecular weight excluding hydrogens is 276 g/mol. The molecule has 0 amide bonds. The summed E-state index contributed by atoms with van der Waals surface area (Å²) in [6, 6.07) is 17.7. The van der Waals surface area contributed by atoms with E-state index in [9.17, 15) is 5.26 Å². The van der Waals surface area contributed by atoms with Crippen molar-refractivity contribution in [3.8, 4) is 11.8 Å². The zero-order valence-corrected chi connectivity index (χ0v) is 11.7. The van der Waals surface area contributed by atoms with Gasteiger partial charge in [0.2, 0.25) is 0 Å². The summed E-state index contributed by atoms with van der Waals surface area (Å²) < 4.78 is 1.99. The Morgan fingerprint density at radius 2 is 1.86 bits per heavy atom. The van der Waals surface area contributed by atoms with Crippen LogP contribution in [0.25, 0.3) is 16.6 Å². The van der Waals surface area contributed by atoms with Crippen molar-refractivity contribution in [3.63, 3.8) is 0 Å². The molecule has 1 heterocycles. The number of aromatic nitrogens is 1. The highest BCUT2D eigenvalue weighted by atomic mass is 15.5. The van der Waals surface area contributed by atoms with Gasteiger partial charge in [-0.05, 0) is 30.3 Å². The summed E-state index contributed by atoms with van der Waals surface area (Å²) in [5.74, 6) is 5.61. The molecule has 3 aromatic rings. The van der Waals surface area contributed by atoms with Gasteiger partial charge in [-0.1, -0.05) is 18.2 Å². The number of rotatable bonds is 3. The molecule has 6 nitrogen and oxygen atoms in total. The molecule has 0 saturated carbocycles. The Bertz CT molecular complexity index is 883. The first-order valence-corrected chi connectivity index (χ1v) is 6.69. The van der Waals surface area contributed by atoms with Crippen LogP contribution in [0, 0.1) is 11.3 Å². The topological polar surface area (TPSA) is 107 Å². The Kier molecular flexibility index (Phi) is 3.48. The Labute approximate surface area is 127 Å². The smallest absolute Gasteiger partial charge is 0.297 e. The molecule has 0 unspecified atom stereocenters. The van der Waals surface area contributed by atoms with Gasteiger partial charge in [0.05, 0.1) is 16.6 Å². The molecule has 2 aromatic carbocycles. The minimum absolute atomic E-state index is 0.434. The summed E-state index contributed by atoms with van der Waals surface area (Å²) in [5, 5.41) is 12.8. The summed E-state index contributed by atoms with van der Waals surface area (Å²) >= 11 is 0. The third kappa shape index (κ3) is 2.26. The van der Waals surface area contributed by atoms with Crippen LogP contribution in [-0.2, 0) is 0 Å². The van der Waals surface area contributed by atoms with Crippen LogP contribution in [-0.4, -0.2) is 10.4 Å². The van der Waals surface area contributed by atoms with Gasteiger partial charge in [0, 0.05) is 17.3 Å². The average Bonchev–Trinajstić information content (AvgIpc) is 2.94. The molecule has 0 fully saturated rings. The summed E-state index contributed by atoms with van der Waals surface area (Å²) in [7, 11) is 0. The molecule has 0 aliphatic rings. The summed E-state index contributed by atoms with van der Waals surface area (Å²) in [4.78, 5) is 0. The molecule has 0 saturated heterocycles. The van der Waals surface area contributed by atoms with E-state index >= 15 is 0 Å². The molecule has 0 radical (unpaired) electrons. The summed E-state index contributed by atoms with van der Waals surface area (Å²) in [5.41, 5.74) is 11.5. The Morgan fingerprint density at radius 1 is 1.14 bits per heavy atom. The maximum atomic E-state index is 9.26. The van der Waals surface area contributed by atoms with Gasteiger partial charge in [0.15, 0.2) is 0 Å². The largest absolute Gasteiger partial charge is 0.315 e. The monoisotopic (exact) mass is 291 g/mol. The standard InChI is InChI=1S/C16H14N6/c17-9-12-10-22(15-4-2-1-3-14(12)15)13-7-5-11(6-8-13)16(18)20-21-19/h1-8,10,21H,19H2,(H2,18,20)/p+1. The third-order valence-electron chi connectivity index (χ3n) is 3.50. The van der Waals surface area contributed by atoms with E-state index < -0.39 is 0 Å². The quantitative estimate of drug-likeness (QED) is 0.229. The van der Waals surface area contributed by atoms with E-state index in [-0.39, 0.29) is 0 Å². The maximum absolute atomic E-state index is 9.26. The van der Waals surface area contributed by atoms with Gasteiger partial charge in [-0.2, -0.15) is 15.9 Å². The van der Waals surface area contributed by atoms with E-state index in [2.05, 4.69) is 16.7 Å². The number of para-hydroxylation sites is 1. The number of hydrazine groups is 2. The zero-order valence-electron chi connectivity index (χ0n) is 11.7. The number of hydrogen-bond donors (Lipinski definition) is 4. The van der Waals surface area contributed by atoms with Crippen LogP contribution in [0.4, 0.5) is 0 Å². The summed E-state index contributed by atoms with van der Waals surface area (Å²) in [6.07, 6.45) is 1.84. The predicted molar refractivity (Wildman–Crippen MR) is 84.6 cm³/mol. The fourth-order valence-electron chi connectivity index (χ4n) is 2.43. The molecular formula is C16H15N6+. The van der Waals surface area contributed by atoms with E-state index in [4.69, 9.17) is 11.6 Å². The van der Waals surface area contributed by atoms with E-state index in [1.54, 1.807) is 0 Å². The molecule has 0 atom stereocenters. The number of hydrazone groups is 1. The number of amidine groups is 1. The van der Waals surface area contributed by atoms with Gasteiger partial charge in [-0.3, -0.25) is 5.73 Å². The molecule has 0 spiro atoms. The average molecular weight is 291 g/mol. The Morgan fingerprint density at radius 3 is 2.55 bits per heavy atom. The van der Waals surface area contributed by atoms with Crippen LogP contribution in [0.3, 0.4) is 0 Å². The van der Waals surface area contributed by atoms with Crippen LogP contribution in [0.5, 0.6) is 0 Å². The van der Waals surface area contributed by atoms with Gasteiger partial charge in [-0.15, -0.1) is 0 Å². The van der Waals surface area contributed by atoms with Crippen LogP contribution < -0.4 is 22.2 Å². The molecule has 1 aromatic heterocycles. The van der Waals surface area contributed by atoms with Gasteiger partial charge in [-0.25, -0.2) is 5.84 Å². The second-order valence-corrected chi connectivity index (χ2v) is 4.77. The molecule has 0 bridgehead atoms. The maximum Gasteiger partial charge on any atom is 0.297 e. The first-order chi connectivity index (χ1) is 10.7. The highest BCUT2D eigenvalue weighted by Crippen LogP contribution is 2.24. The number of nitrogen functional groups attached to an aromatic ring is 1. The fourth-order valence-corrected chi connectivity index (χ4v) is 2.43. The number of benzene rings is 2. The highest BCUT2D eigenvalue weighted by Gasteiger charge is 2.10. The van der Waals surface area contributed by atoms with E-state index in [0.29, 0.717) is 11.4 Å².